The Morgan fingerprint density at radius 1 is 1.06 bits per heavy atom. The van der Waals surface area contributed by atoms with Crippen LogP contribution in [0.25, 0.3) is 0 Å². The monoisotopic (exact) mass is 476 g/mol. The summed E-state index contributed by atoms with van der Waals surface area (Å²) in [5.41, 5.74) is 1.24. The van der Waals surface area contributed by atoms with Gasteiger partial charge < -0.3 is 15.0 Å². The lowest BCUT2D eigenvalue weighted by Crippen LogP contribution is -2.37. The van der Waals surface area contributed by atoms with Crippen LogP contribution in [0.2, 0.25) is 0 Å². The molecule has 0 aromatic heterocycles. The number of amides is 1. The Balaban J connectivity index is 1.19. The van der Waals surface area contributed by atoms with E-state index >= 15 is 0 Å². The third kappa shape index (κ3) is 4.92. The van der Waals surface area contributed by atoms with E-state index in [0.29, 0.717) is 18.9 Å². The van der Waals surface area contributed by atoms with Crippen molar-refractivity contribution < 1.29 is 27.1 Å². The number of carbonyl (C=O) groups is 1. The molecule has 1 amide bonds. The molecule has 1 saturated carbocycles. The smallest absolute Gasteiger partial charge is 0.371 e. The zero-order valence-electron chi connectivity index (χ0n) is 18.8. The molecule has 0 radical (unpaired) electrons. The SMILES string of the molecule is O=C(Nc1ccc(C(F)(F)F)cc1F)C1CCCC(c2ccc(N3CCC4(CC3)CO4)cc2)C1. The molecular weight excluding hydrogens is 448 g/mol. The zero-order valence-corrected chi connectivity index (χ0v) is 18.8. The number of carbonyl (C=O) groups excluding carboxylic acids is 1. The highest BCUT2D eigenvalue weighted by Crippen LogP contribution is 2.40. The van der Waals surface area contributed by atoms with Crippen LogP contribution in [0.15, 0.2) is 42.5 Å². The first-order valence-electron chi connectivity index (χ1n) is 11.9. The molecule has 2 saturated heterocycles. The molecule has 1 aliphatic carbocycles. The highest BCUT2D eigenvalue weighted by molar-refractivity contribution is 5.92. The first kappa shape index (κ1) is 23.1. The van der Waals surface area contributed by atoms with Crippen LogP contribution in [0, 0.1) is 11.7 Å². The lowest BCUT2D eigenvalue weighted by molar-refractivity contribution is -0.137. The van der Waals surface area contributed by atoms with E-state index in [1.54, 1.807) is 0 Å². The van der Waals surface area contributed by atoms with Crippen LogP contribution in [0.1, 0.15) is 55.6 Å². The minimum Gasteiger partial charge on any atom is -0.371 e. The van der Waals surface area contributed by atoms with Crippen molar-refractivity contribution >= 4 is 17.3 Å². The highest BCUT2D eigenvalue weighted by atomic mass is 19.4. The van der Waals surface area contributed by atoms with Crippen molar-refractivity contribution in [2.45, 2.75) is 56.2 Å². The summed E-state index contributed by atoms with van der Waals surface area (Å²) in [4.78, 5) is 15.2. The topological polar surface area (TPSA) is 44.9 Å². The molecule has 2 unspecified atom stereocenters. The van der Waals surface area contributed by atoms with Gasteiger partial charge in [0.2, 0.25) is 5.91 Å². The molecule has 1 spiro atoms. The van der Waals surface area contributed by atoms with Crippen molar-refractivity contribution in [2.24, 2.45) is 5.92 Å². The van der Waals surface area contributed by atoms with Crippen molar-refractivity contribution in [3.8, 4) is 0 Å². The summed E-state index contributed by atoms with van der Waals surface area (Å²) in [5, 5.41) is 2.50. The van der Waals surface area contributed by atoms with E-state index in [1.807, 2.05) is 0 Å². The number of epoxide rings is 1. The second-order valence-corrected chi connectivity index (χ2v) is 9.79. The predicted octanol–water partition coefficient (Wildman–Crippen LogP) is 6.13. The summed E-state index contributed by atoms with van der Waals surface area (Å²) in [6.45, 7) is 2.87. The zero-order chi connectivity index (χ0) is 23.9. The number of hydrogen-bond donors (Lipinski definition) is 1. The molecule has 2 aliphatic heterocycles. The second kappa shape index (κ2) is 8.87. The Labute approximate surface area is 196 Å². The van der Waals surface area contributed by atoms with Crippen LogP contribution in [0.3, 0.4) is 0 Å². The molecule has 2 aromatic carbocycles. The Morgan fingerprint density at radius 2 is 1.76 bits per heavy atom. The summed E-state index contributed by atoms with van der Waals surface area (Å²) < 4.78 is 58.0. The van der Waals surface area contributed by atoms with Gasteiger partial charge in [0.15, 0.2) is 0 Å². The highest BCUT2D eigenvalue weighted by Gasteiger charge is 2.46. The Hall–Kier alpha value is -2.61. The van der Waals surface area contributed by atoms with Crippen LogP contribution in [-0.4, -0.2) is 31.2 Å². The molecule has 34 heavy (non-hydrogen) atoms. The summed E-state index contributed by atoms with van der Waals surface area (Å²) in [5.74, 6) is -1.51. The normalized spacial score (nSPS) is 24.2. The van der Waals surface area contributed by atoms with Crippen LogP contribution in [0.4, 0.5) is 28.9 Å². The number of piperidine rings is 1. The number of hydrogen-bond acceptors (Lipinski definition) is 3. The lowest BCUT2D eigenvalue weighted by atomic mass is 9.77. The Morgan fingerprint density at radius 3 is 2.38 bits per heavy atom. The Bertz CT molecular complexity index is 1040. The minimum absolute atomic E-state index is 0.150. The minimum atomic E-state index is -4.63. The molecule has 2 aromatic rings. The fourth-order valence-electron chi connectivity index (χ4n) is 5.28. The van der Waals surface area contributed by atoms with Crippen LogP contribution < -0.4 is 10.2 Å². The van der Waals surface area contributed by atoms with E-state index in [0.717, 1.165) is 57.5 Å². The average molecular weight is 477 g/mol. The largest absolute Gasteiger partial charge is 0.416 e. The van der Waals surface area contributed by atoms with Gasteiger partial charge >= 0.3 is 6.18 Å². The summed E-state index contributed by atoms with van der Waals surface area (Å²) in [7, 11) is 0. The molecular formula is C26H28F4N2O2. The molecule has 0 bridgehead atoms. The molecule has 2 atom stereocenters. The van der Waals surface area contributed by atoms with E-state index in [1.165, 1.54) is 11.3 Å². The molecule has 182 valence electrons. The standard InChI is InChI=1S/C26H28F4N2O2/c27-22-15-20(26(28,29)30)6-9-23(22)31-24(33)19-3-1-2-18(14-19)17-4-7-21(8-5-17)32-12-10-25(11-13-32)16-34-25/h4-9,15,18-19H,1-3,10-14,16H2,(H,31,33). The number of anilines is 2. The van der Waals surface area contributed by atoms with E-state index in [2.05, 4.69) is 34.5 Å². The van der Waals surface area contributed by atoms with Gasteiger partial charge in [-0.2, -0.15) is 13.2 Å². The van der Waals surface area contributed by atoms with Gasteiger partial charge in [-0.25, -0.2) is 4.39 Å². The number of halogens is 4. The van der Waals surface area contributed by atoms with Gasteiger partial charge in [-0.1, -0.05) is 18.6 Å². The van der Waals surface area contributed by atoms with Gasteiger partial charge in [0.05, 0.1) is 23.5 Å². The summed E-state index contributed by atoms with van der Waals surface area (Å²) >= 11 is 0. The third-order valence-corrected chi connectivity index (χ3v) is 7.56. The van der Waals surface area contributed by atoms with E-state index < -0.39 is 17.6 Å². The van der Waals surface area contributed by atoms with Crippen molar-refractivity contribution in [2.75, 3.05) is 29.9 Å². The van der Waals surface area contributed by atoms with Gasteiger partial charge in [-0.15, -0.1) is 0 Å². The predicted molar refractivity (Wildman–Crippen MR) is 121 cm³/mol. The first-order chi connectivity index (χ1) is 16.2. The first-order valence-corrected chi connectivity index (χ1v) is 11.9. The molecule has 5 rings (SSSR count). The van der Waals surface area contributed by atoms with Gasteiger partial charge in [-0.05, 0) is 73.9 Å². The Kier molecular flexibility index (Phi) is 6.04. The molecule has 3 fully saturated rings. The number of nitrogens with one attached hydrogen (secondary N) is 1. The molecule has 8 heteroatoms. The van der Waals surface area contributed by atoms with Gasteiger partial charge in [0, 0.05) is 24.7 Å². The van der Waals surface area contributed by atoms with E-state index in [4.69, 9.17) is 4.74 Å². The molecule has 2 heterocycles. The fraction of sp³-hybridized carbons (Fsp3) is 0.500. The van der Waals surface area contributed by atoms with Crippen molar-refractivity contribution in [3.05, 3.63) is 59.4 Å². The maximum absolute atomic E-state index is 14.2. The van der Waals surface area contributed by atoms with Gasteiger partial charge in [0.25, 0.3) is 0 Å². The maximum Gasteiger partial charge on any atom is 0.416 e. The number of rotatable bonds is 4. The molecule has 3 aliphatic rings. The van der Waals surface area contributed by atoms with Crippen LogP contribution in [-0.2, 0) is 15.7 Å². The molecule has 1 N–H and O–H groups in total. The molecule has 4 nitrogen and oxygen atoms in total. The summed E-state index contributed by atoms with van der Waals surface area (Å²) in [6, 6.07) is 10.7. The third-order valence-electron chi connectivity index (χ3n) is 7.56. The lowest BCUT2D eigenvalue weighted by Gasteiger charge is -2.33. The number of benzene rings is 2. The average Bonchev–Trinajstić information content (AvgIpc) is 3.59. The number of ether oxygens (including phenoxy) is 1. The van der Waals surface area contributed by atoms with Crippen molar-refractivity contribution in [1.29, 1.82) is 0 Å². The second-order valence-electron chi connectivity index (χ2n) is 9.79. The van der Waals surface area contributed by atoms with E-state index in [-0.39, 0.29) is 29.0 Å². The van der Waals surface area contributed by atoms with Crippen LogP contribution >= 0.6 is 0 Å². The number of nitrogens with zero attached hydrogens (tertiary/aromatic N) is 1. The van der Waals surface area contributed by atoms with Gasteiger partial charge in [-0.3, -0.25) is 4.79 Å². The van der Waals surface area contributed by atoms with Crippen LogP contribution in [0.5, 0.6) is 0 Å². The quantitative estimate of drug-likeness (QED) is 0.427. The summed E-state index contributed by atoms with van der Waals surface area (Å²) in [6.07, 6.45) is 0.658. The maximum atomic E-state index is 14.2. The van der Waals surface area contributed by atoms with E-state index in [9.17, 15) is 22.4 Å². The van der Waals surface area contributed by atoms with Crippen molar-refractivity contribution in [1.82, 2.24) is 0 Å². The number of alkyl halides is 3. The van der Waals surface area contributed by atoms with Gasteiger partial charge in [0.1, 0.15) is 5.82 Å². The fourth-order valence-corrected chi connectivity index (χ4v) is 5.28. The van der Waals surface area contributed by atoms with Crippen molar-refractivity contribution in [3.63, 3.8) is 0 Å².